The molecule has 0 unspecified atom stereocenters. The normalized spacial score (nSPS) is 16.6. The Morgan fingerprint density at radius 2 is 2.10 bits per heavy atom. The average Bonchev–Trinajstić information content (AvgIpc) is 2.93. The van der Waals surface area contributed by atoms with E-state index in [-0.39, 0.29) is 0 Å². The second kappa shape index (κ2) is 7.10. The van der Waals surface area contributed by atoms with Crippen LogP contribution in [0.2, 0.25) is 0 Å². The van der Waals surface area contributed by atoms with Crippen LogP contribution in [0, 0.1) is 5.92 Å². The van der Waals surface area contributed by atoms with Gasteiger partial charge in [0.25, 0.3) is 0 Å². The minimum atomic E-state index is 0.756. The van der Waals surface area contributed by atoms with Crippen molar-refractivity contribution in [1.82, 2.24) is 9.88 Å². The van der Waals surface area contributed by atoms with Crippen molar-refractivity contribution in [2.45, 2.75) is 39.3 Å². The van der Waals surface area contributed by atoms with Crippen molar-refractivity contribution in [2.75, 3.05) is 19.8 Å². The predicted octanol–water partition coefficient (Wildman–Crippen LogP) is 3.57. The van der Waals surface area contributed by atoms with Gasteiger partial charge >= 0.3 is 0 Å². The van der Waals surface area contributed by atoms with Crippen molar-refractivity contribution in [3.05, 3.63) is 36.0 Å². The Morgan fingerprint density at radius 1 is 1.24 bits per heavy atom. The molecule has 0 amide bonds. The fourth-order valence-corrected chi connectivity index (χ4v) is 3.24. The third-order valence-electron chi connectivity index (χ3n) is 4.41. The van der Waals surface area contributed by atoms with Crippen molar-refractivity contribution < 1.29 is 4.74 Å². The van der Waals surface area contributed by atoms with Gasteiger partial charge in [0.05, 0.1) is 5.52 Å². The number of para-hydroxylation sites is 1. The molecule has 114 valence electrons. The van der Waals surface area contributed by atoms with E-state index in [4.69, 9.17) is 4.74 Å². The van der Waals surface area contributed by atoms with Crippen molar-refractivity contribution in [3.63, 3.8) is 0 Å². The lowest BCUT2D eigenvalue weighted by Gasteiger charge is -2.23. The number of ether oxygens (including phenoxy) is 1. The second-order valence-electron chi connectivity index (χ2n) is 6.06. The average molecular weight is 286 g/mol. The van der Waals surface area contributed by atoms with Crippen LogP contribution in [0.4, 0.5) is 0 Å². The number of fused-ring (bicyclic) bond motifs is 1. The highest BCUT2D eigenvalue weighted by molar-refractivity contribution is 5.83. The Bertz CT molecular complexity index is 570. The summed E-state index contributed by atoms with van der Waals surface area (Å²) < 4.78 is 7.93. The molecule has 0 aliphatic carbocycles. The lowest BCUT2D eigenvalue weighted by molar-refractivity contribution is 0.0616. The summed E-state index contributed by atoms with van der Waals surface area (Å²) in [5.74, 6) is 0.756. The molecule has 1 N–H and O–H groups in total. The number of rotatable bonds is 6. The van der Waals surface area contributed by atoms with Crippen LogP contribution in [0.25, 0.3) is 10.9 Å². The summed E-state index contributed by atoms with van der Waals surface area (Å²) in [4.78, 5) is 0. The first-order chi connectivity index (χ1) is 10.4. The number of hydrogen-bond acceptors (Lipinski definition) is 2. The first-order valence-electron chi connectivity index (χ1n) is 8.23. The molecule has 0 spiro atoms. The topological polar surface area (TPSA) is 26.2 Å². The second-order valence-corrected chi connectivity index (χ2v) is 6.06. The maximum atomic E-state index is 5.48. The molecular formula is C18H26N2O. The SMILES string of the molecule is CCCNCc1cccc2ccn(CC3CCOCC3)c12. The fourth-order valence-electron chi connectivity index (χ4n) is 3.24. The van der Waals surface area contributed by atoms with Gasteiger partial charge in [0.1, 0.15) is 0 Å². The van der Waals surface area contributed by atoms with Gasteiger partial charge < -0.3 is 14.6 Å². The summed E-state index contributed by atoms with van der Waals surface area (Å²) in [5, 5.41) is 4.89. The highest BCUT2D eigenvalue weighted by Gasteiger charge is 2.16. The molecule has 1 fully saturated rings. The zero-order chi connectivity index (χ0) is 14.5. The maximum Gasteiger partial charge on any atom is 0.0525 e. The number of aromatic nitrogens is 1. The van der Waals surface area contributed by atoms with Crippen LogP contribution in [0.5, 0.6) is 0 Å². The Balaban J connectivity index is 1.80. The van der Waals surface area contributed by atoms with Crippen LogP contribution >= 0.6 is 0 Å². The van der Waals surface area contributed by atoms with E-state index in [0.29, 0.717) is 0 Å². The van der Waals surface area contributed by atoms with E-state index in [1.165, 1.54) is 35.7 Å². The summed E-state index contributed by atoms with van der Waals surface area (Å²) >= 11 is 0. The predicted molar refractivity (Wildman–Crippen MR) is 87.5 cm³/mol. The third kappa shape index (κ3) is 3.47. The zero-order valence-electron chi connectivity index (χ0n) is 13.0. The van der Waals surface area contributed by atoms with Crippen molar-refractivity contribution in [1.29, 1.82) is 0 Å². The molecule has 1 aromatic carbocycles. The fraction of sp³-hybridized carbons (Fsp3) is 0.556. The first-order valence-corrected chi connectivity index (χ1v) is 8.23. The lowest BCUT2D eigenvalue weighted by Crippen LogP contribution is -2.20. The summed E-state index contributed by atoms with van der Waals surface area (Å²) in [6, 6.07) is 8.90. The molecule has 0 radical (unpaired) electrons. The smallest absolute Gasteiger partial charge is 0.0525 e. The Kier molecular flexibility index (Phi) is 4.94. The molecule has 1 aliphatic rings. The van der Waals surface area contributed by atoms with Gasteiger partial charge in [-0.1, -0.05) is 25.1 Å². The number of hydrogen-bond donors (Lipinski definition) is 1. The van der Waals surface area contributed by atoms with Gasteiger partial charge in [0, 0.05) is 32.5 Å². The van der Waals surface area contributed by atoms with Crippen LogP contribution in [-0.4, -0.2) is 24.3 Å². The van der Waals surface area contributed by atoms with Gasteiger partial charge in [-0.2, -0.15) is 0 Å². The van der Waals surface area contributed by atoms with E-state index in [9.17, 15) is 0 Å². The lowest BCUT2D eigenvalue weighted by atomic mass is 10.0. The zero-order valence-corrected chi connectivity index (χ0v) is 13.0. The van der Waals surface area contributed by atoms with Crippen LogP contribution < -0.4 is 5.32 Å². The maximum absolute atomic E-state index is 5.48. The van der Waals surface area contributed by atoms with Crippen molar-refractivity contribution >= 4 is 10.9 Å². The Morgan fingerprint density at radius 3 is 2.90 bits per heavy atom. The largest absolute Gasteiger partial charge is 0.381 e. The molecule has 0 bridgehead atoms. The van der Waals surface area contributed by atoms with Crippen molar-refractivity contribution in [2.24, 2.45) is 5.92 Å². The van der Waals surface area contributed by atoms with E-state index in [1.54, 1.807) is 0 Å². The molecule has 1 aliphatic heterocycles. The van der Waals surface area contributed by atoms with E-state index in [1.807, 2.05) is 0 Å². The molecule has 1 saturated heterocycles. The van der Waals surface area contributed by atoms with E-state index in [2.05, 4.69) is 47.3 Å². The highest BCUT2D eigenvalue weighted by atomic mass is 16.5. The van der Waals surface area contributed by atoms with Crippen LogP contribution in [0.15, 0.2) is 30.5 Å². The minimum absolute atomic E-state index is 0.756. The molecular weight excluding hydrogens is 260 g/mol. The van der Waals surface area contributed by atoms with Gasteiger partial charge in [-0.15, -0.1) is 0 Å². The monoisotopic (exact) mass is 286 g/mol. The molecule has 0 atom stereocenters. The minimum Gasteiger partial charge on any atom is -0.381 e. The van der Waals surface area contributed by atoms with Gasteiger partial charge in [-0.3, -0.25) is 0 Å². The van der Waals surface area contributed by atoms with Gasteiger partial charge in [-0.05, 0) is 48.7 Å². The van der Waals surface area contributed by atoms with Gasteiger partial charge in [0.2, 0.25) is 0 Å². The Labute approximate surface area is 127 Å². The molecule has 3 nitrogen and oxygen atoms in total. The first kappa shape index (κ1) is 14.6. The Hall–Kier alpha value is -1.32. The third-order valence-corrected chi connectivity index (χ3v) is 4.41. The number of nitrogens with one attached hydrogen (secondary N) is 1. The molecule has 3 rings (SSSR count). The van der Waals surface area contributed by atoms with E-state index < -0.39 is 0 Å². The number of benzene rings is 1. The molecule has 2 heterocycles. The van der Waals surface area contributed by atoms with Crippen LogP contribution in [-0.2, 0) is 17.8 Å². The molecule has 1 aromatic heterocycles. The van der Waals surface area contributed by atoms with Gasteiger partial charge in [-0.25, -0.2) is 0 Å². The van der Waals surface area contributed by atoms with Crippen molar-refractivity contribution in [3.8, 4) is 0 Å². The highest BCUT2D eigenvalue weighted by Crippen LogP contribution is 2.24. The quantitative estimate of drug-likeness (QED) is 0.822. The van der Waals surface area contributed by atoms with E-state index >= 15 is 0 Å². The molecule has 3 heteroatoms. The van der Waals surface area contributed by atoms with Crippen LogP contribution in [0.1, 0.15) is 31.7 Å². The summed E-state index contributed by atoms with van der Waals surface area (Å²) in [5.41, 5.74) is 2.82. The summed E-state index contributed by atoms with van der Waals surface area (Å²) in [6.07, 6.45) is 5.81. The van der Waals surface area contributed by atoms with Crippen LogP contribution in [0.3, 0.4) is 0 Å². The van der Waals surface area contributed by atoms with E-state index in [0.717, 1.165) is 38.8 Å². The standard InChI is InChI=1S/C18H26N2O/c1-2-9-19-13-17-5-3-4-16-6-10-20(18(16)17)14-15-7-11-21-12-8-15/h3-6,10,15,19H,2,7-9,11-14H2,1H3. The molecule has 2 aromatic rings. The van der Waals surface area contributed by atoms with Gasteiger partial charge in [0.15, 0.2) is 0 Å². The summed E-state index contributed by atoms with van der Waals surface area (Å²) in [7, 11) is 0. The molecule has 21 heavy (non-hydrogen) atoms. The molecule has 0 saturated carbocycles. The summed E-state index contributed by atoms with van der Waals surface area (Å²) in [6.45, 7) is 7.22. The number of nitrogens with zero attached hydrogens (tertiary/aromatic N) is 1.